The Morgan fingerprint density at radius 2 is 2.12 bits per heavy atom. The standard InChI is InChI=1S/C14H21NO/c1-10-6-7-12(11(2)14(10)16)9-13-5-3-4-8-15-13/h6-7,13,15-16H,3-5,8-9H2,1-2H3. The first-order chi connectivity index (χ1) is 7.68. The Morgan fingerprint density at radius 1 is 1.31 bits per heavy atom. The van der Waals surface area contributed by atoms with Crippen molar-refractivity contribution in [3.8, 4) is 5.75 Å². The predicted molar refractivity (Wildman–Crippen MR) is 66.9 cm³/mol. The van der Waals surface area contributed by atoms with E-state index in [0.717, 1.165) is 24.1 Å². The fourth-order valence-corrected chi connectivity index (χ4v) is 2.46. The van der Waals surface area contributed by atoms with Crippen LogP contribution >= 0.6 is 0 Å². The third-order valence-electron chi connectivity index (χ3n) is 3.62. The van der Waals surface area contributed by atoms with E-state index < -0.39 is 0 Å². The van der Waals surface area contributed by atoms with Gasteiger partial charge < -0.3 is 10.4 Å². The molecule has 1 saturated heterocycles. The summed E-state index contributed by atoms with van der Waals surface area (Å²) in [5.41, 5.74) is 3.30. The maximum absolute atomic E-state index is 9.90. The van der Waals surface area contributed by atoms with Gasteiger partial charge in [-0.2, -0.15) is 0 Å². The Hall–Kier alpha value is -1.02. The molecule has 1 aliphatic heterocycles. The highest BCUT2D eigenvalue weighted by molar-refractivity contribution is 5.44. The highest BCUT2D eigenvalue weighted by atomic mass is 16.3. The third-order valence-corrected chi connectivity index (χ3v) is 3.62. The zero-order chi connectivity index (χ0) is 11.5. The number of aromatic hydroxyl groups is 1. The van der Waals surface area contributed by atoms with Crippen LogP contribution < -0.4 is 5.32 Å². The van der Waals surface area contributed by atoms with Crippen LogP contribution in [0.2, 0.25) is 0 Å². The van der Waals surface area contributed by atoms with Crippen molar-refractivity contribution in [2.45, 2.75) is 45.6 Å². The molecule has 0 saturated carbocycles. The second kappa shape index (κ2) is 4.88. The van der Waals surface area contributed by atoms with Gasteiger partial charge in [0.05, 0.1) is 0 Å². The molecule has 0 aliphatic carbocycles. The molecule has 2 N–H and O–H groups in total. The second-order valence-corrected chi connectivity index (χ2v) is 4.87. The summed E-state index contributed by atoms with van der Waals surface area (Å²) in [6, 6.07) is 4.76. The van der Waals surface area contributed by atoms with E-state index in [1.165, 1.54) is 24.8 Å². The molecule has 1 fully saturated rings. The summed E-state index contributed by atoms with van der Waals surface area (Å²) in [5.74, 6) is 0.466. The van der Waals surface area contributed by atoms with E-state index in [9.17, 15) is 5.11 Å². The molecule has 2 nitrogen and oxygen atoms in total. The minimum absolute atomic E-state index is 0.466. The lowest BCUT2D eigenvalue weighted by Crippen LogP contribution is -2.35. The molecule has 1 aromatic carbocycles. The first kappa shape index (κ1) is 11.5. The largest absolute Gasteiger partial charge is 0.507 e. The van der Waals surface area contributed by atoms with E-state index in [4.69, 9.17) is 0 Å². The minimum atomic E-state index is 0.466. The van der Waals surface area contributed by atoms with Gasteiger partial charge in [0, 0.05) is 6.04 Å². The molecular formula is C14H21NO. The summed E-state index contributed by atoms with van der Waals surface area (Å²) < 4.78 is 0. The number of nitrogens with one attached hydrogen (secondary N) is 1. The van der Waals surface area contributed by atoms with Gasteiger partial charge in [0.15, 0.2) is 0 Å². The Bertz CT molecular complexity index is 367. The lowest BCUT2D eigenvalue weighted by Gasteiger charge is -2.24. The van der Waals surface area contributed by atoms with Gasteiger partial charge in [-0.1, -0.05) is 18.6 Å². The minimum Gasteiger partial charge on any atom is -0.507 e. The number of hydrogen-bond donors (Lipinski definition) is 2. The summed E-state index contributed by atoms with van der Waals surface area (Å²) in [6.07, 6.45) is 4.93. The molecule has 2 heteroatoms. The van der Waals surface area contributed by atoms with Crippen molar-refractivity contribution in [1.29, 1.82) is 0 Å². The third kappa shape index (κ3) is 2.38. The molecule has 0 radical (unpaired) electrons. The van der Waals surface area contributed by atoms with Crippen LogP contribution in [0.4, 0.5) is 0 Å². The predicted octanol–water partition coefficient (Wildman–Crippen LogP) is 2.69. The fourth-order valence-electron chi connectivity index (χ4n) is 2.46. The van der Waals surface area contributed by atoms with E-state index in [1.807, 2.05) is 19.9 Å². The van der Waals surface area contributed by atoms with Crippen LogP contribution in [0.3, 0.4) is 0 Å². The Balaban J connectivity index is 2.11. The highest BCUT2D eigenvalue weighted by Crippen LogP contribution is 2.26. The topological polar surface area (TPSA) is 32.3 Å². The average molecular weight is 219 g/mol. The van der Waals surface area contributed by atoms with Crippen molar-refractivity contribution in [3.05, 3.63) is 28.8 Å². The van der Waals surface area contributed by atoms with E-state index in [2.05, 4.69) is 11.4 Å². The van der Waals surface area contributed by atoms with Gasteiger partial charge in [-0.05, 0) is 56.3 Å². The van der Waals surface area contributed by atoms with Crippen LogP contribution in [0.1, 0.15) is 36.0 Å². The van der Waals surface area contributed by atoms with Gasteiger partial charge in [-0.3, -0.25) is 0 Å². The molecule has 1 heterocycles. The van der Waals surface area contributed by atoms with Crippen LogP contribution in [0.5, 0.6) is 5.75 Å². The maximum Gasteiger partial charge on any atom is 0.121 e. The van der Waals surface area contributed by atoms with Gasteiger partial charge >= 0.3 is 0 Å². The Kier molecular flexibility index (Phi) is 3.49. The van der Waals surface area contributed by atoms with Gasteiger partial charge in [0.2, 0.25) is 0 Å². The lowest BCUT2D eigenvalue weighted by atomic mass is 9.94. The molecule has 16 heavy (non-hydrogen) atoms. The number of benzene rings is 1. The zero-order valence-electron chi connectivity index (χ0n) is 10.2. The summed E-state index contributed by atoms with van der Waals surface area (Å²) in [6.45, 7) is 5.10. The fraction of sp³-hybridized carbons (Fsp3) is 0.571. The number of hydrogen-bond acceptors (Lipinski definition) is 2. The van der Waals surface area contributed by atoms with Crippen LogP contribution in [-0.4, -0.2) is 17.7 Å². The van der Waals surface area contributed by atoms with Gasteiger partial charge in [-0.25, -0.2) is 0 Å². The summed E-state index contributed by atoms with van der Waals surface area (Å²) in [4.78, 5) is 0. The van der Waals surface area contributed by atoms with E-state index in [-0.39, 0.29) is 0 Å². The Labute approximate surface area is 97.7 Å². The van der Waals surface area contributed by atoms with Crippen LogP contribution in [0.25, 0.3) is 0 Å². The molecule has 2 rings (SSSR count). The Morgan fingerprint density at radius 3 is 2.81 bits per heavy atom. The smallest absolute Gasteiger partial charge is 0.121 e. The molecule has 1 aromatic rings. The second-order valence-electron chi connectivity index (χ2n) is 4.87. The number of phenols is 1. The normalized spacial score (nSPS) is 21.0. The van der Waals surface area contributed by atoms with Gasteiger partial charge in [0.1, 0.15) is 5.75 Å². The molecule has 1 atom stereocenters. The molecule has 88 valence electrons. The average Bonchev–Trinajstić information content (AvgIpc) is 2.31. The SMILES string of the molecule is Cc1ccc(CC2CCCCN2)c(C)c1O. The highest BCUT2D eigenvalue weighted by Gasteiger charge is 2.15. The van der Waals surface area contributed by atoms with Crippen molar-refractivity contribution in [1.82, 2.24) is 5.32 Å². The van der Waals surface area contributed by atoms with E-state index in [0.29, 0.717) is 11.8 Å². The quantitative estimate of drug-likeness (QED) is 0.801. The first-order valence-electron chi connectivity index (χ1n) is 6.20. The molecular weight excluding hydrogens is 198 g/mol. The molecule has 0 amide bonds. The van der Waals surface area contributed by atoms with Crippen molar-refractivity contribution >= 4 is 0 Å². The monoisotopic (exact) mass is 219 g/mol. The van der Waals surface area contributed by atoms with E-state index >= 15 is 0 Å². The van der Waals surface area contributed by atoms with Crippen molar-refractivity contribution in [2.75, 3.05) is 6.54 Å². The van der Waals surface area contributed by atoms with Gasteiger partial charge in [0.25, 0.3) is 0 Å². The summed E-state index contributed by atoms with van der Waals surface area (Å²) in [7, 11) is 0. The number of rotatable bonds is 2. The lowest BCUT2D eigenvalue weighted by molar-refractivity contribution is 0.398. The van der Waals surface area contributed by atoms with Crippen molar-refractivity contribution < 1.29 is 5.11 Å². The van der Waals surface area contributed by atoms with Crippen LogP contribution in [-0.2, 0) is 6.42 Å². The van der Waals surface area contributed by atoms with Crippen LogP contribution in [0.15, 0.2) is 12.1 Å². The van der Waals surface area contributed by atoms with Gasteiger partial charge in [-0.15, -0.1) is 0 Å². The molecule has 0 aromatic heterocycles. The maximum atomic E-state index is 9.90. The number of aryl methyl sites for hydroxylation is 1. The summed E-state index contributed by atoms with van der Waals surface area (Å²) >= 11 is 0. The molecule has 1 unspecified atom stereocenters. The molecule has 1 aliphatic rings. The van der Waals surface area contributed by atoms with Crippen molar-refractivity contribution in [3.63, 3.8) is 0 Å². The number of piperidine rings is 1. The number of phenolic OH excluding ortho intramolecular Hbond substituents is 1. The van der Waals surface area contributed by atoms with E-state index in [1.54, 1.807) is 0 Å². The molecule has 0 spiro atoms. The van der Waals surface area contributed by atoms with Crippen LogP contribution in [0, 0.1) is 13.8 Å². The molecule has 0 bridgehead atoms. The zero-order valence-corrected chi connectivity index (χ0v) is 10.2. The first-order valence-corrected chi connectivity index (χ1v) is 6.20. The summed E-state index contributed by atoms with van der Waals surface area (Å²) in [5, 5.41) is 13.4. The van der Waals surface area contributed by atoms with Crippen molar-refractivity contribution in [2.24, 2.45) is 0 Å².